The van der Waals surface area contributed by atoms with Crippen LogP contribution in [0.1, 0.15) is 31.4 Å². The number of carbonyl (C=O) groups excluding carboxylic acids is 1. The summed E-state index contributed by atoms with van der Waals surface area (Å²) in [6.45, 7) is 4.34. The summed E-state index contributed by atoms with van der Waals surface area (Å²) < 4.78 is 32.3. The molecule has 0 spiro atoms. The summed E-state index contributed by atoms with van der Waals surface area (Å²) in [5, 5.41) is 6.20. The number of cyclic esters (lactones) is 1. The average Bonchev–Trinajstić information content (AvgIpc) is 3.35. The molecule has 1 amide bonds. The lowest BCUT2D eigenvalue weighted by Crippen LogP contribution is -2.52. The smallest absolute Gasteiger partial charge is 0.410 e. The van der Waals surface area contributed by atoms with Crippen LogP contribution in [-0.2, 0) is 4.74 Å². The highest BCUT2D eigenvalue weighted by atomic mass is 32.1. The van der Waals surface area contributed by atoms with Crippen molar-refractivity contribution in [2.24, 2.45) is 0 Å². The number of pyridine rings is 1. The molecule has 1 saturated carbocycles. The predicted molar refractivity (Wildman–Crippen MR) is 115 cm³/mol. The number of nitrogens with zero attached hydrogens (tertiary/aromatic N) is 4. The molecule has 1 atom stereocenters. The zero-order chi connectivity index (χ0) is 21.6. The number of hydrogen-bond donors (Lipinski definition) is 1. The van der Waals surface area contributed by atoms with Crippen molar-refractivity contribution >= 4 is 28.9 Å². The van der Waals surface area contributed by atoms with E-state index in [1.807, 2.05) is 24.4 Å². The van der Waals surface area contributed by atoms with E-state index in [2.05, 4.69) is 15.2 Å². The summed E-state index contributed by atoms with van der Waals surface area (Å²) in [7, 11) is 0. The van der Waals surface area contributed by atoms with Gasteiger partial charge in [0.25, 0.3) is 0 Å². The van der Waals surface area contributed by atoms with E-state index >= 15 is 0 Å². The minimum atomic E-state index is -2.56. The first-order valence-corrected chi connectivity index (χ1v) is 11.5. The molecule has 0 aromatic carbocycles. The first-order chi connectivity index (χ1) is 14.9. The second-order valence-electron chi connectivity index (χ2n) is 8.53. The molecule has 166 valence electrons. The maximum absolute atomic E-state index is 13.6. The number of fused-ring (bicyclic) bond motifs is 1. The number of carbonyl (C=O) groups is 1. The van der Waals surface area contributed by atoms with E-state index in [9.17, 15) is 13.6 Å². The van der Waals surface area contributed by atoms with Crippen molar-refractivity contribution < 1.29 is 18.3 Å². The molecule has 4 heterocycles. The van der Waals surface area contributed by atoms with Gasteiger partial charge in [-0.2, -0.15) is 0 Å². The number of thiazole rings is 1. The van der Waals surface area contributed by atoms with Crippen molar-refractivity contribution in [3.63, 3.8) is 0 Å². The topological polar surface area (TPSA) is 70.6 Å². The van der Waals surface area contributed by atoms with Gasteiger partial charge < -0.3 is 15.0 Å². The van der Waals surface area contributed by atoms with Crippen LogP contribution < -0.4 is 10.2 Å². The molecule has 3 aliphatic rings. The molecule has 2 aromatic rings. The van der Waals surface area contributed by atoms with Gasteiger partial charge in [-0.15, -0.1) is 11.3 Å². The quantitative estimate of drug-likeness (QED) is 0.757. The normalized spacial score (nSPS) is 23.6. The lowest BCUT2D eigenvalue weighted by molar-refractivity contribution is -0.0361. The molecule has 2 aromatic heterocycles. The van der Waals surface area contributed by atoms with E-state index in [0.717, 1.165) is 22.1 Å². The van der Waals surface area contributed by atoms with Crippen molar-refractivity contribution in [3.8, 4) is 10.7 Å². The van der Waals surface area contributed by atoms with Gasteiger partial charge in [-0.05, 0) is 25.8 Å². The Morgan fingerprint density at radius 3 is 2.77 bits per heavy atom. The summed E-state index contributed by atoms with van der Waals surface area (Å²) in [6, 6.07) is 4.01. The van der Waals surface area contributed by atoms with Gasteiger partial charge in [0.1, 0.15) is 23.1 Å². The van der Waals surface area contributed by atoms with Crippen LogP contribution in [0, 0.1) is 6.92 Å². The van der Waals surface area contributed by atoms with Crippen molar-refractivity contribution in [2.45, 2.75) is 50.6 Å². The van der Waals surface area contributed by atoms with Gasteiger partial charge >= 0.3 is 6.09 Å². The molecule has 3 fully saturated rings. The molecule has 0 radical (unpaired) electrons. The summed E-state index contributed by atoms with van der Waals surface area (Å²) in [5.41, 5.74) is 2.69. The van der Waals surface area contributed by atoms with Crippen molar-refractivity contribution in [2.75, 3.05) is 36.5 Å². The molecule has 0 bridgehead atoms. The molecule has 7 nitrogen and oxygen atoms in total. The standard InChI is InChI=1S/C21H25F2N5O2S/c1-13-12-31-19(24-13)17-8-15(27-6-7-28-16(10-27)11-30-20(28)29)9-18(26-17)25-14-2-4-21(22,23)5-3-14/h8-9,12,14,16H,2-7,10-11H2,1H3,(H,25,26). The number of aromatic nitrogens is 2. The van der Waals surface area contributed by atoms with E-state index in [0.29, 0.717) is 44.9 Å². The van der Waals surface area contributed by atoms with Crippen LogP contribution in [0.4, 0.5) is 25.1 Å². The maximum atomic E-state index is 13.6. The van der Waals surface area contributed by atoms with Crippen molar-refractivity contribution in [3.05, 3.63) is 23.2 Å². The number of hydrogen-bond acceptors (Lipinski definition) is 7. The van der Waals surface area contributed by atoms with E-state index in [1.54, 1.807) is 4.90 Å². The van der Waals surface area contributed by atoms with Crippen LogP contribution in [-0.4, -0.2) is 65.2 Å². The average molecular weight is 450 g/mol. The van der Waals surface area contributed by atoms with Crippen LogP contribution in [0.15, 0.2) is 17.5 Å². The van der Waals surface area contributed by atoms with E-state index in [4.69, 9.17) is 9.72 Å². The monoisotopic (exact) mass is 449 g/mol. The van der Waals surface area contributed by atoms with Gasteiger partial charge in [-0.3, -0.25) is 4.90 Å². The summed E-state index contributed by atoms with van der Waals surface area (Å²) >= 11 is 1.54. The van der Waals surface area contributed by atoms with Crippen LogP contribution in [0.3, 0.4) is 0 Å². The fraction of sp³-hybridized carbons (Fsp3) is 0.571. The highest BCUT2D eigenvalue weighted by Crippen LogP contribution is 2.35. The Morgan fingerprint density at radius 2 is 2.03 bits per heavy atom. The third kappa shape index (κ3) is 4.30. The Hall–Kier alpha value is -2.49. The molecular weight excluding hydrogens is 424 g/mol. The number of nitrogens with one attached hydrogen (secondary N) is 1. The lowest BCUT2D eigenvalue weighted by atomic mass is 9.92. The zero-order valence-electron chi connectivity index (χ0n) is 17.3. The van der Waals surface area contributed by atoms with Gasteiger partial charge in [0.05, 0.1) is 6.04 Å². The van der Waals surface area contributed by atoms with E-state index in [-0.39, 0.29) is 31.0 Å². The fourth-order valence-corrected chi connectivity index (χ4v) is 5.23. The molecule has 1 N–H and O–H groups in total. The van der Waals surface area contributed by atoms with E-state index in [1.165, 1.54) is 11.3 Å². The minimum absolute atomic E-state index is 0.0223. The molecule has 31 heavy (non-hydrogen) atoms. The third-order valence-corrected chi connectivity index (χ3v) is 7.18. The molecule has 2 saturated heterocycles. The van der Waals surface area contributed by atoms with E-state index < -0.39 is 5.92 Å². The molecule has 10 heteroatoms. The molecule has 5 rings (SSSR count). The van der Waals surface area contributed by atoms with Gasteiger partial charge in [0.2, 0.25) is 5.92 Å². The number of ether oxygens (including phenoxy) is 1. The number of amides is 1. The largest absolute Gasteiger partial charge is 0.447 e. The Morgan fingerprint density at radius 1 is 1.23 bits per heavy atom. The van der Waals surface area contributed by atoms with Gasteiger partial charge in [0, 0.05) is 61.3 Å². The second-order valence-corrected chi connectivity index (χ2v) is 9.39. The summed E-state index contributed by atoms with van der Waals surface area (Å²) in [5.74, 6) is -1.88. The Kier molecular flexibility index (Phi) is 5.19. The Bertz CT molecular complexity index is 974. The molecule has 1 aliphatic carbocycles. The number of piperazine rings is 1. The summed E-state index contributed by atoms with van der Waals surface area (Å²) in [6.07, 6.45) is 0.409. The second kappa shape index (κ2) is 7.89. The predicted octanol–water partition coefficient (Wildman–Crippen LogP) is 4.14. The number of alkyl halides is 2. The van der Waals surface area contributed by atoms with Crippen LogP contribution in [0.5, 0.6) is 0 Å². The number of aryl methyl sites for hydroxylation is 1. The summed E-state index contributed by atoms with van der Waals surface area (Å²) in [4.78, 5) is 25.2. The Labute approximate surface area is 183 Å². The Balaban J connectivity index is 1.40. The molecular formula is C21H25F2N5O2S. The fourth-order valence-electron chi connectivity index (χ4n) is 4.47. The van der Waals surface area contributed by atoms with Gasteiger partial charge in [0.15, 0.2) is 0 Å². The van der Waals surface area contributed by atoms with Crippen LogP contribution >= 0.6 is 11.3 Å². The van der Waals surface area contributed by atoms with Crippen molar-refractivity contribution in [1.29, 1.82) is 0 Å². The first-order valence-electron chi connectivity index (χ1n) is 10.6. The third-order valence-electron chi connectivity index (χ3n) is 6.20. The highest BCUT2D eigenvalue weighted by molar-refractivity contribution is 7.13. The van der Waals surface area contributed by atoms with Gasteiger partial charge in [-0.1, -0.05) is 0 Å². The highest BCUT2D eigenvalue weighted by Gasteiger charge is 2.38. The van der Waals surface area contributed by atoms with Crippen LogP contribution in [0.2, 0.25) is 0 Å². The van der Waals surface area contributed by atoms with Gasteiger partial charge in [-0.25, -0.2) is 23.5 Å². The first kappa shape index (κ1) is 20.4. The minimum Gasteiger partial charge on any atom is -0.447 e. The zero-order valence-corrected chi connectivity index (χ0v) is 18.1. The number of rotatable bonds is 4. The SMILES string of the molecule is Cc1csc(-c2cc(N3CCN4C(=O)OCC4C3)cc(NC3CCC(F)(F)CC3)n2)n1. The van der Waals surface area contributed by atoms with Crippen molar-refractivity contribution in [1.82, 2.24) is 14.9 Å². The lowest BCUT2D eigenvalue weighted by Gasteiger charge is -2.37. The molecule has 2 aliphatic heterocycles. The van der Waals surface area contributed by atoms with Crippen LogP contribution in [0.25, 0.3) is 10.7 Å². The number of halogens is 2. The maximum Gasteiger partial charge on any atom is 0.410 e. The molecule has 1 unspecified atom stereocenters. The number of anilines is 2.